The maximum atomic E-state index is 5.46. The molecule has 0 aliphatic heterocycles. The normalized spacial score (nSPS) is 12.7. The maximum absolute atomic E-state index is 5.46. The summed E-state index contributed by atoms with van der Waals surface area (Å²) in [6, 6.07) is 11.1. The zero-order valence-electron chi connectivity index (χ0n) is 8.87. The molecule has 0 bridgehead atoms. The van der Waals surface area contributed by atoms with Gasteiger partial charge in [0.1, 0.15) is 0 Å². The lowest BCUT2D eigenvalue weighted by atomic mass is 10.0. The van der Waals surface area contributed by atoms with Gasteiger partial charge in [-0.25, -0.2) is 0 Å². The van der Waals surface area contributed by atoms with E-state index in [0.29, 0.717) is 12.6 Å². The molecule has 0 radical (unpaired) electrons. The van der Waals surface area contributed by atoms with Crippen LogP contribution < -0.4 is 11.1 Å². The minimum atomic E-state index is 0.556. The minimum Gasteiger partial charge on any atom is -0.329 e. The molecule has 0 aromatic heterocycles. The van der Waals surface area contributed by atoms with Crippen LogP contribution in [0.1, 0.15) is 18.9 Å². The van der Waals surface area contributed by atoms with Gasteiger partial charge >= 0.3 is 0 Å². The van der Waals surface area contributed by atoms with Crippen molar-refractivity contribution in [3.8, 4) is 0 Å². The SMILES string of the molecule is CCC(Cc1ccccc1)NCCN. The van der Waals surface area contributed by atoms with Gasteiger partial charge < -0.3 is 11.1 Å². The summed E-state index contributed by atoms with van der Waals surface area (Å²) in [5.74, 6) is 0. The molecule has 0 spiro atoms. The van der Waals surface area contributed by atoms with Crippen LogP contribution in [0, 0.1) is 0 Å². The number of hydrogen-bond acceptors (Lipinski definition) is 2. The van der Waals surface area contributed by atoms with Gasteiger partial charge in [-0.1, -0.05) is 37.3 Å². The Hall–Kier alpha value is -0.860. The molecular weight excluding hydrogens is 172 g/mol. The predicted molar refractivity (Wildman–Crippen MR) is 61.3 cm³/mol. The Bertz CT molecular complexity index is 233. The largest absolute Gasteiger partial charge is 0.329 e. The second-order valence-corrected chi connectivity index (χ2v) is 3.54. The molecule has 1 aromatic rings. The Kier molecular flexibility index (Phi) is 5.27. The van der Waals surface area contributed by atoms with E-state index in [1.807, 2.05) is 0 Å². The van der Waals surface area contributed by atoms with Crippen molar-refractivity contribution in [2.75, 3.05) is 13.1 Å². The molecule has 0 heterocycles. The summed E-state index contributed by atoms with van der Waals surface area (Å²) in [6.07, 6.45) is 2.24. The zero-order valence-corrected chi connectivity index (χ0v) is 8.87. The number of benzene rings is 1. The molecule has 0 saturated heterocycles. The first-order valence-electron chi connectivity index (χ1n) is 5.34. The first-order valence-corrected chi connectivity index (χ1v) is 5.34. The van der Waals surface area contributed by atoms with E-state index in [4.69, 9.17) is 5.73 Å². The third kappa shape index (κ3) is 3.90. The topological polar surface area (TPSA) is 38.0 Å². The molecule has 1 atom stereocenters. The van der Waals surface area contributed by atoms with Crippen LogP contribution in [0.3, 0.4) is 0 Å². The lowest BCUT2D eigenvalue weighted by Crippen LogP contribution is -2.34. The molecule has 2 nitrogen and oxygen atoms in total. The molecule has 0 fully saturated rings. The van der Waals surface area contributed by atoms with E-state index < -0.39 is 0 Å². The third-order valence-corrected chi connectivity index (χ3v) is 2.40. The Morgan fingerprint density at radius 1 is 1.29 bits per heavy atom. The quantitative estimate of drug-likeness (QED) is 0.718. The van der Waals surface area contributed by atoms with Crippen molar-refractivity contribution in [1.29, 1.82) is 0 Å². The molecule has 0 aliphatic rings. The molecule has 3 N–H and O–H groups in total. The fraction of sp³-hybridized carbons (Fsp3) is 0.500. The third-order valence-electron chi connectivity index (χ3n) is 2.40. The van der Waals surface area contributed by atoms with Gasteiger partial charge in [-0.2, -0.15) is 0 Å². The van der Waals surface area contributed by atoms with Gasteiger partial charge in [0.05, 0.1) is 0 Å². The molecule has 1 aromatic carbocycles. The second-order valence-electron chi connectivity index (χ2n) is 3.54. The van der Waals surface area contributed by atoms with Crippen LogP contribution >= 0.6 is 0 Å². The van der Waals surface area contributed by atoms with Crippen LogP contribution in [0.25, 0.3) is 0 Å². The minimum absolute atomic E-state index is 0.556. The van der Waals surface area contributed by atoms with Gasteiger partial charge in [0, 0.05) is 19.1 Å². The molecule has 0 amide bonds. The Morgan fingerprint density at radius 3 is 2.57 bits per heavy atom. The average Bonchev–Trinajstić information content (AvgIpc) is 2.25. The summed E-state index contributed by atoms with van der Waals surface area (Å²) in [5.41, 5.74) is 6.85. The maximum Gasteiger partial charge on any atom is 0.0105 e. The van der Waals surface area contributed by atoms with Crippen molar-refractivity contribution in [2.24, 2.45) is 5.73 Å². The van der Waals surface area contributed by atoms with Crippen molar-refractivity contribution < 1.29 is 0 Å². The zero-order chi connectivity index (χ0) is 10.2. The second kappa shape index (κ2) is 6.57. The summed E-state index contributed by atoms with van der Waals surface area (Å²) >= 11 is 0. The van der Waals surface area contributed by atoms with Crippen molar-refractivity contribution in [3.63, 3.8) is 0 Å². The Balaban J connectivity index is 2.40. The van der Waals surface area contributed by atoms with Gasteiger partial charge in [0.25, 0.3) is 0 Å². The summed E-state index contributed by atoms with van der Waals surface area (Å²) in [6.45, 7) is 3.83. The van der Waals surface area contributed by atoms with E-state index in [0.717, 1.165) is 19.4 Å². The van der Waals surface area contributed by atoms with Crippen LogP contribution in [0.2, 0.25) is 0 Å². The van der Waals surface area contributed by atoms with E-state index in [2.05, 4.69) is 42.6 Å². The van der Waals surface area contributed by atoms with E-state index in [-0.39, 0.29) is 0 Å². The highest BCUT2D eigenvalue weighted by Gasteiger charge is 2.04. The average molecular weight is 192 g/mol. The summed E-state index contributed by atoms with van der Waals surface area (Å²) in [7, 11) is 0. The fourth-order valence-corrected chi connectivity index (χ4v) is 1.55. The van der Waals surface area contributed by atoms with Crippen LogP contribution in [-0.2, 0) is 6.42 Å². The van der Waals surface area contributed by atoms with Crippen LogP contribution in [0.4, 0.5) is 0 Å². The lowest BCUT2D eigenvalue weighted by Gasteiger charge is -2.16. The van der Waals surface area contributed by atoms with Crippen molar-refractivity contribution in [1.82, 2.24) is 5.32 Å². The molecular formula is C12H20N2. The lowest BCUT2D eigenvalue weighted by molar-refractivity contribution is 0.502. The molecule has 14 heavy (non-hydrogen) atoms. The number of rotatable bonds is 6. The van der Waals surface area contributed by atoms with Crippen molar-refractivity contribution >= 4 is 0 Å². The summed E-state index contributed by atoms with van der Waals surface area (Å²) in [4.78, 5) is 0. The van der Waals surface area contributed by atoms with Crippen LogP contribution in [0.5, 0.6) is 0 Å². The van der Waals surface area contributed by atoms with E-state index in [9.17, 15) is 0 Å². The summed E-state index contributed by atoms with van der Waals surface area (Å²) < 4.78 is 0. The highest BCUT2D eigenvalue weighted by molar-refractivity contribution is 5.15. The van der Waals surface area contributed by atoms with Gasteiger partial charge in [-0.05, 0) is 18.4 Å². The van der Waals surface area contributed by atoms with E-state index in [1.54, 1.807) is 0 Å². The van der Waals surface area contributed by atoms with E-state index >= 15 is 0 Å². The van der Waals surface area contributed by atoms with Crippen molar-refractivity contribution in [3.05, 3.63) is 35.9 Å². The highest BCUT2D eigenvalue weighted by Crippen LogP contribution is 2.04. The molecule has 2 heteroatoms. The number of hydrogen-bond donors (Lipinski definition) is 2. The molecule has 0 saturated carbocycles. The van der Waals surface area contributed by atoms with Crippen molar-refractivity contribution in [2.45, 2.75) is 25.8 Å². The predicted octanol–water partition coefficient (Wildman–Crippen LogP) is 1.56. The molecule has 78 valence electrons. The standard InChI is InChI=1S/C12H20N2/c1-2-12(14-9-8-13)10-11-6-4-3-5-7-11/h3-7,12,14H,2,8-10,13H2,1H3. The molecule has 1 unspecified atom stereocenters. The fourth-order valence-electron chi connectivity index (χ4n) is 1.55. The Labute approximate surface area is 86.5 Å². The first-order chi connectivity index (χ1) is 6.86. The smallest absolute Gasteiger partial charge is 0.0105 e. The first kappa shape index (κ1) is 11.2. The number of nitrogens with one attached hydrogen (secondary N) is 1. The highest BCUT2D eigenvalue weighted by atomic mass is 14.9. The number of nitrogens with two attached hydrogens (primary N) is 1. The monoisotopic (exact) mass is 192 g/mol. The van der Waals surface area contributed by atoms with Gasteiger partial charge in [0.2, 0.25) is 0 Å². The Morgan fingerprint density at radius 2 is 2.00 bits per heavy atom. The van der Waals surface area contributed by atoms with Crippen LogP contribution in [0.15, 0.2) is 30.3 Å². The van der Waals surface area contributed by atoms with Crippen LogP contribution in [-0.4, -0.2) is 19.1 Å². The van der Waals surface area contributed by atoms with Gasteiger partial charge in [-0.15, -0.1) is 0 Å². The van der Waals surface area contributed by atoms with Gasteiger partial charge in [0.15, 0.2) is 0 Å². The molecule has 0 aliphatic carbocycles. The van der Waals surface area contributed by atoms with Gasteiger partial charge in [-0.3, -0.25) is 0 Å². The van der Waals surface area contributed by atoms with E-state index in [1.165, 1.54) is 5.56 Å². The summed E-state index contributed by atoms with van der Waals surface area (Å²) in [5, 5.41) is 3.44. The molecule has 1 rings (SSSR count).